The Morgan fingerprint density at radius 3 is 3.08 bits per heavy atom. The Labute approximate surface area is 144 Å². The molecule has 0 radical (unpaired) electrons. The van der Waals surface area contributed by atoms with Crippen molar-refractivity contribution in [2.24, 2.45) is 0 Å². The second kappa shape index (κ2) is 6.29. The fraction of sp³-hybridized carbons (Fsp3) is 0.263. The molecule has 1 amide bonds. The number of hydrogen-bond acceptors (Lipinski definition) is 3. The van der Waals surface area contributed by atoms with Crippen LogP contribution in [0.25, 0.3) is 11.0 Å². The van der Waals surface area contributed by atoms with Gasteiger partial charge in [-0.1, -0.05) is 12.1 Å². The number of amides is 1. The molecule has 5 nitrogen and oxygen atoms in total. The molecule has 3 heterocycles. The molecule has 0 unspecified atom stereocenters. The lowest BCUT2D eigenvalue weighted by molar-refractivity contribution is -0.131. The van der Waals surface area contributed by atoms with Gasteiger partial charge < -0.3 is 15.0 Å². The van der Waals surface area contributed by atoms with Crippen LogP contribution in [-0.2, 0) is 11.2 Å². The number of carbonyl (C=O) groups is 1. The smallest absolute Gasteiger partial charge is 0.227 e. The van der Waals surface area contributed by atoms with Gasteiger partial charge in [0.2, 0.25) is 5.91 Å². The van der Waals surface area contributed by atoms with Crippen LogP contribution in [0.3, 0.4) is 0 Å². The lowest BCUT2D eigenvalue weighted by Gasteiger charge is -2.25. The zero-order chi connectivity index (χ0) is 17.4. The molecule has 2 atom stereocenters. The fourth-order valence-corrected chi connectivity index (χ4v) is 3.54. The Bertz CT molecular complexity index is 924. The van der Waals surface area contributed by atoms with Gasteiger partial charge in [-0.2, -0.15) is 0 Å². The summed E-state index contributed by atoms with van der Waals surface area (Å²) in [6.45, 7) is 0.265. The van der Waals surface area contributed by atoms with Crippen molar-refractivity contribution in [1.82, 2.24) is 14.9 Å². The van der Waals surface area contributed by atoms with Crippen molar-refractivity contribution < 1.29 is 14.3 Å². The van der Waals surface area contributed by atoms with Crippen LogP contribution in [0.1, 0.15) is 23.6 Å². The molecule has 128 valence electrons. The highest BCUT2D eigenvalue weighted by Gasteiger charge is 2.35. The summed E-state index contributed by atoms with van der Waals surface area (Å²) < 4.78 is 13.5. The number of H-pyrrole nitrogens is 1. The average Bonchev–Trinajstić information content (AvgIpc) is 3.19. The molecule has 1 saturated heterocycles. The van der Waals surface area contributed by atoms with Crippen LogP contribution in [0.4, 0.5) is 4.39 Å². The number of aromatic nitrogens is 2. The van der Waals surface area contributed by atoms with E-state index in [1.165, 1.54) is 12.1 Å². The maximum Gasteiger partial charge on any atom is 0.227 e. The summed E-state index contributed by atoms with van der Waals surface area (Å²) in [6.07, 6.45) is 3.52. The number of aliphatic hydroxyl groups is 1. The Morgan fingerprint density at radius 1 is 1.36 bits per heavy atom. The summed E-state index contributed by atoms with van der Waals surface area (Å²) in [5.74, 6) is -0.426. The monoisotopic (exact) mass is 339 g/mol. The zero-order valence-electron chi connectivity index (χ0n) is 13.5. The van der Waals surface area contributed by atoms with Gasteiger partial charge in [0.25, 0.3) is 0 Å². The van der Waals surface area contributed by atoms with E-state index in [1.807, 2.05) is 12.1 Å². The summed E-state index contributed by atoms with van der Waals surface area (Å²) >= 11 is 0. The van der Waals surface area contributed by atoms with Gasteiger partial charge in [0.05, 0.1) is 18.6 Å². The number of aromatic amines is 1. The van der Waals surface area contributed by atoms with Crippen molar-refractivity contribution in [3.05, 3.63) is 65.7 Å². The van der Waals surface area contributed by atoms with Gasteiger partial charge in [0.1, 0.15) is 11.5 Å². The highest BCUT2D eigenvalue weighted by molar-refractivity contribution is 5.87. The SMILES string of the molecule is O=C(Cc1c[nH]c2ncccc12)N1C[C@@H](O)C[C@H]1c1cccc(F)c1. The van der Waals surface area contributed by atoms with E-state index in [0.29, 0.717) is 12.0 Å². The Morgan fingerprint density at radius 2 is 2.24 bits per heavy atom. The zero-order valence-corrected chi connectivity index (χ0v) is 13.5. The van der Waals surface area contributed by atoms with Crippen LogP contribution >= 0.6 is 0 Å². The van der Waals surface area contributed by atoms with Crippen LogP contribution in [-0.4, -0.2) is 38.5 Å². The molecule has 0 aliphatic carbocycles. The van der Waals surface area contributed by atoms with E-state index in [-0.39, 0.29) is 30.7 Å². The van der Waals surface area contributed by atoms with Crippen LogP contribution in [0.15, 0.2) is 48.8 Å². The van der Waals surface area contributed by atoms with Gasteiger partial charge in [-0.3, -0.25) is 4.79 Å². The molecule has 2 N–H and O–H groups in total. The summed E-state index contributed by atoms with van der Waals surface area (Å²) in [6, 6.07) is 9.68. The third-order valence-electron chi connectivity index (χ3n) is 4.71. The second-order valence-corrected chi connectivity index (χ2v) is 6.40. The van der Waals surface area contributed by atoms with Gasteiger partial charge in [-0.05, 0) is 41.8 Å². The topological polar surface area (TPSA) is 69.2 Å². The molecule has 1 aliphatic rings. The first kappa shape index (κ1) is 15.8. The number of hydrogen-bond donors (Lipinski definition) is 2. The first-order valence-electron chi connectivity index (χ1n) is 8.26. The van der Waals surface area contributed by atoms with Crippen LogP contribution in [0.5, 0.6) is 0 Å². The minimum absolute atomic E-state index is 0.0874. The van der Waals surface area contributed by atoms with Crippen LogP contribution in [0, 0.1) is 5.82 Å². The molecule has 25 heavy (non-hydrogen) atoms. The van der Waals surface area contributed by atoms with Gasteiger partial charge >= 0.3 is 0 Å². The summed E-state index contributed by atoms with van der Waals surface area (Å²) in [5.41, 5.74) is 2.33. The minimum atomic E-state index is -0.596. The van der Waals surface area contributed by atoms with Crippen molar-refractivity contribution in [2.75, 3.05) is 6.54 Å². The molecule has 0 bridgehead atoms. The molecular weight excluding hydrogens is 321 g/mol. The highest BCUT2D eigenvalue weighted by Crippen LogP contribution is 2.33. The lowest BCUT2D eigenvalue weighted by atomic mass is 10.0. The standard InChI is InChI=1S/C19H18FN3O2/c20-14-4-1-3-12(7-14)17-9-15(24)11-23(17)18(25)8-13-10-22-19-16(13)5-2-6-21-19/h1-7,10,15,17,24H,8-9,11H2,(H,21,22)/t15-,17-/m0/s1. The van der Waals surface area contributed by atoms with Crippen molar-refractivity contribution in [2.45, 2.75) is 25.0 Å². The van der Waals surface area contributed by atoms with Gasteiger partial charge in [-0.15, -0.1) is 0 Å². The molecule has 1 aromatic carbocycles. The summed E-state index contributed by atoms with van der Waals surface area (Å²) in [4.78, 5) is 21.8. The number of benzene rings is 1. The second-order valence-electron chi connectivity index (χ2n) is 6.40. The maximum atomic E-state index is 13.5. The van der Waals surface area contributed by atoms with Crippen LogP contribution in [0.2, 0.25) is 0 Å². The number of likely N-dealkylation sites (tertiary alicyclic amines) is 1. The molecule has 4 rings (SSSR count). The third kappa shape index (κ3) is 3.00. The molecule has 1 aliphatic heterocycles. The predicted octanol–water partition coefficient (Wildman–Crippen LogP) is 2.58. The molecular formula is C19H18FN3O2. The van der Waals surface area contributed by atoms with Crippen molar-refractivity contribution in [3.8, 4) is 0 Å². The normalized spacial score (nSPS) is 20.3. The van der Waals surface area contributed by atoms with Gasteiger partial charge in [0.15, 0.2) is 0 Å². The first-order valence-corrected chi connectivity index (χ1v) is 8.26. The van der Waals surface area contributed by atoms with E-state index in [2.05, 4.69) is 9.97 Å². The largest absolute Gasteiger partial charge is 0.391 e. The summed E-state index contributed by atoms with van der Waals surface area (Å²) in [7, 11) is 0. The Kier molecular flexibility index (Phi) is 3.97. The Balaban J connectivity index is 1.59. The lowest BCUT2D eigenvalue weighted by Crippen LogP contribution is -2.33. The average molecular weight is 339 g/mol. The van der Waals surface area contributed by atoms with E-state index < -0.39 is 6.10 Å². The van der Waals surface area contributed by atoms with Crippen molar-refractivity contribution in [1.29, 1.82) is 0 Å². The van der Waals surface area contributed by atoms with E-state index in [4.69, 9.17) is 0 Å². The van der Waals surface area contributed by atoms with E-state index in [0.717, 1.165) is 16.6 Å². The molecule has 1 fully saturated rings. The van der Waals surface area contributed by atoms with E-state index in [9.17, 15) is 14.3 Å². The number of nitrogens with zero attached hydrogens (tertiary/aromatic N) is 2. The van der Waals surface area contributed by atoms with Crippen LogP contribution < -0.4 is 0 Å². The van der Waals surface area contributed by atoms with Gasteiger partial charge in [-0.25, -0.2) is 9.37 Å². The van der Waals surface area contributed by atoms with E-state index in [1.54, 1.807) is 29.4 Å². The van der Waals surface area contributed by atoms with Crippen molar-refractivity contribution >= 4 is 16.9 Å². The summed E-state index contributed by atoms with van der Waals surface area (Å²) in [5, 5.41) is 11.0. The van der Waals surface area contributed by atoms with Crippen molar-refractivity contribution in [3.63, 3.8) is 0 Å². The first-order chi connectivity index (χ1) is 12.1. The maximum absolute atomic E-state index is 13.5. The molecule has 2 aromatic heterocycles. The number of aliphatic hydroxyl groups excluding tert-OH is 1. The molecule has 0 saturated carbocycles. The molecule has 6 heteroatoms. The Hall–Kier alpha value is -2.73. The number of β-amino-alcohol motifs (C(OH)–C–C–N with tert-alkyl or cyclic N) is 1. The number of pyridine rings is 1. The number of nitrogens with one attached hydrogen (secondary N) is 1. The third-order valence-corrected chi connectivity index (χ3v) is 4.71. The predicted molar refractivity (Wildman–Crippen MR) is 91.3 cm³/mol. The number of carbonyl (C=O) groups excluding carboxylic acids is 1. The van der Waals surface area contributed by atoms with E-state index >= 15 is 0 Å². The minimum Gasteiger partial charge on any atom is -0.391 e. The number of rotatable bonds is 3. The highest BCUT2D eigenvalue weighted by atomic mass is 19.1. The number of fused-ring (bicyclic) bond motifs is 1. The molecule has 0 spiro atoms. The quantitative estimate of drug-likeness (QED) is 0.771. The van der Waals surface area contributed by atoms with Gasteiger partial charge in [0, 0.05) is 24.3 Å². The fourth-order valence-electron chi connectivity index (χ4n) is 3.54. The molecule has 3 aromatic rings. The number of halogens is 1.